The number of furan rings is 1. The lowest BCUT2D eigenvalue weighted by atomic mass is 9.84. The Balaban J connectivity index is 2.01. The van der Waals surface area contributed by atoms with Crippen LogP contribution in [0.15, 0.2) is 53.1 Å². The van der Waals surface area contributed by atoms with Crippen molar-refractivity contribution in [1.82, 2.24) is 5.32 Å². The molecule has 0 aliphatic rings. The second-order valence-electron chi connectivity index (χ2n) is 5.61. The summed E-state index contributed by atoms with van der Waals surface area (Å²) in [5.41, 5.74) is 1.47. The van der Waals surface area contributed by atoms with E-state index in [0.29, 0.717) is 0 Å². The Kier molecular flexibility index (Phi) is 4.43. The lowest BCUT2D eigenvalue weighted by Crippen LogP contribution is -2.35. The molecule has 19 heavy (non-hydrogen) atoms. The largest absolute Gasteiger partial charge is 0.468 e. The van der Waals surface area contributed by atoms with E-state index in [1.54, 1.807) is 6.26 Å². The van der Waals surface area contributed by atoms with Gasteiger partial charge in [0.25, 0.3) is 0 Å². The van der Waals surface area contributed by atoms with E-state index in [0.717, 1.165) is 18.7 Å². The molecular weight excluding hydrogens is 234 g/mol. The van der Waals surface area contributed by atoms with Crippen LogP contribution >= 0.6 is 0 Å². The number of nitrogens with one attached hydrogen (secondary N) is 1. The third-order valence-electron chi connectivity index (χ3n) is 3.64. The van der Waals surface area contributed by atoms with Crippen molar-refractivity contribution >= 4 is 0 Å². The number of hydrogen-bond donors (Lipinski definition) is 1. The number of benzene rings is 1. The summed E-state index contributed by atoms with van der Waals surface area (Å²) in [6, 6.07) is 14.9. The van der Waals surface area contributed by atoms with Crippen molar-refractivity contribution in [2.75, 3.05) is 6.54 Å². The fourth-order valence-corrected chi connectivity index (χ4v) is 2.31. The van der Waals surface area contributed by atoms with Gasteiger partial charge in [-0.25, -0.2) is 0 Å². The van der Waals surface area contributed by atoms with Gasteiger partial charge >= 0.3 is 0 Å². The summed E-state index contributed by atoms with van der Waals surface area (Å²) < 4.78 is 5.49. The van der Waals surface area contributed by atoms with Crippen LogP contribution < -0.4 is 5.32 Å². The molecule has 1 aromatic heterocycles. The molecule has 0 saturated carbocycles. The molecule has 0 aliphatic carbocycles. The van der Waals surface area contributed by atoms with Gasteiger partial charge in [0.05, 0.1) is 12.3 Å². The summed E-state index contributed by atoms with van der Waals surface area (Å²) in [6.45, 7) is 7.64. The van der Waals surface area contributed by atoms with Crippen molar-refractivity contribution in [3.8, 4) is 0 Å². The maximum absolute atomic E-state index is 5.49. The molecule has 0 aliphatic heterocycles. The fourth-order valence-electron chi connectivity index (χ4n) is 2.31. The minimum absolute atomic E-state index is 0.112. The molecular formula is C17H23NO. The highest BCUT2D eigenvalue weighted by Gasteiger charge is 2.22. The molecule has 1 unspecified atom stereocenters. The zero-order valence-corrected chi connectivity index (χ0v) is 12.0. The highest BCUT2D eigenvalue weighted by Crippen LogP contribution is 2.24. The van der Waals surface area contributed by atoms with Gasteiger partial charge in [-0.05, 0) is 24.1 Å². The molecule has 2 heteroatoms. The highest BCUT2D eigenvalue weighted by molar-refractivity contribution is 5.24. The molecule has 0 radical (unpaired) electrons. The first kappa shape index (κ1) is 13.9. The van der Waals surface area contributed by atoms with Crippen molar-refractivity contribution in [3.63, 3.8) is 0 Å². The van der Waals surface area contributed by atoms with Crippen molar-refractivity contribution in [1.29, 1.82) is 0 Å². The highest BCUT2D eigenvalue weighted by atomic mass is 16.3. The van der Waals surface area contributed by atoms with Crippen LogP contribution in [0, 0.1) is 0 Å². The summed E-state index contributed by atoms with van der Waals surface area (Å²) in [5.74, 6) is 1.02. The Hall–Kier alpha value is -1.54. The van der Waals surface area contributed by atoms with E-state index < -0.39 is 0 Å². The first-order chi connectivity index (χ1) is 9.13. The zero-order valence-electron chi connectivity index (χ0n) is 12.0. The van der Waals surface area contributed by atoms with E-state index in [9.17, 15) is 0 Å². The minimum atomic E-state index is 0.112. The first-order valence-corrected chi connectivity index (χ1v) is 6.96. The normalized spacial score (nSPS) is 13.4. The third-order valence-corrected chi connectivity index (χ3v) is 3.64. The molecule has 0 saturated heterocycles. The van der Waals surface area contributed by atoms with E-state index in [1.807, 2.05) is 12.1 Å². The summed E-state index contributed by atoms with van der Waals surface area (Å²) in [7, 11) is 0. The Morgan fingerprint density at radius 3 is 2.42 bits per heavy atom. The minimum Gasteiger partial charge on any atom is -0.468 e. The lowest BCUT2D eigenvalue weighted by molar-refractivity contribution is 0.366. The summed E-state index contributed by atoms with van der Waals surface area (Å²) in [5, 5.41) is 3.62. The van der Waals surface area contributed by atoms with Gasteiger partial charge in [-0.1, -0.05) is 51.1 Å². The molecule has 1 atom stereocenters. The fraction of sp³-hybridized carbons (Fsp3) is 0.412. The maximum atomic E-state index is 5.49. The van der Waals surface area contributed by atoms with Crippen LogP contribution in [0.25, 0.3) is 0 Å². The zero-order chi connectivity index (χ0) is 13.7. The molecule has 1 aromatic carbocycles. The number of rotatable bonds is 6. The van der Waals surface area contributed by atoms with Gasteiger partial charge in [0.1, 0.15) is 5.76 Å². The molecule has 102 valence electrons. The van der Waals surface area contributed by atoms with Crippen LogP contribution in [0.3, 0.4) is 0 Å². The molecule has 0 spiro atoms. The Morgan fingerprint density at radius 1 is 1.11 bits per heavy atom. The van der Waals surface area contributed by atoms with E-state index >= 15 is 0 Å². The Morgan fingerprint density at radius 2 is 1.84 bits per heavy atom. The van der Waals surface area contributed by atoms with Crippen molar-refractivity contribution in [2.24, 2.45) is 0 Å². The molecule has 2 rings (SSSR count). The second-order valence-corrected chi connectivity index (χ2v) is 5.61. The van der Waals surface area contributed by atoms with E-state index in [4.69, 9.17) is 4.42 Å². The van der Waals surface area contributed by atoms with Crippen LogP contribution in [0.5, 0.6) is 0 Å². The molecule has 2 aromatic rings. The summed E-state index contributed by atoms with van der Waals surface area (Å²) >= 11 is 0. The molecule has 2 nitrogen and oxygen atoms in total. The van der Waals surface area contributed by atoms with Gasteiger partial charge in [0.15, 0.2) is 0 Å². The van der Waals surface area contributed by atoms with Crippen LogP contribution in [-0.4, -0.2) is 6.54 Å². The summed E-state index contributed by atoms with van der Waals surface area (Å²) in [6.07, 6.45) is 2.76. The smallest absolute Gasteiger partial charge is 0.120 e. The van der Waals surface area contributed by atoms with Gasteiger partial charge < -0.3 is 9.73 Å². The SMILES string of the molecule is CCC(NCC(C)(C)c1ccccc1)c1ccco1. The third kappa shape index (κ3) is 3.48. The van der Waals surface area contributed by atoms with E-state index in [2.05, 4.69) is 56.4 Å². The van der Waals surface area contributed by atoms with Gasteiger partial charge in [-0.2, -0.15) is 0 Å². The van der Waals surface area contributed by atoms with Crippen molar-refractivity contribution in [2.45, 2.75) is 38.6 Å². The Labute approximate surface area is 115 Å². The summed E-state index contributed by atoms with van der Waals surface area (Å²) in [4.78, 5) is 0. The quantitative estimate of drug-likeness (QED) is 0.834. The standard InChI is InChI=1S/C17H23NO/c1-4-15(16-11-8-12-19-16)18-13-17(2,3)14-9-6-5-7-10-14/h5-12,15,18H,4,13H2,1-3H3. The van der Waals surface area contributed by atoms with E-state index in [-0.39, 0.29) is 11.5 Å². The average Bonchev–Trinajstić information content (AvgIpc) is 2.94. The second kappa shape index (κ2) is 6.07. The molecule has 1 heterocycles. The van der Waals surface area contributed by atoms with Crippen LogP contribution in [0.2, 0.25) is 0 Å². The Bertz CT molecular complexity index is 473. The van der Waals surface area contributed by atoms with Crippen molar-refractivity contribution in [3.05, 3.63) is 60.1 Å². The monoisotopic (exact) mass is 257 g/mol. The topological polar surface area (TPSA) is 25.2 Å². The van der Waals surface area contributed by atoms with Crippen molar-refractivity contribution < 1.29 is 4.42 Å². The molecule has 1 N–H and O–H groups in total. The molecule has 0 bridgehead atoms. The van der Waals surface area contributed by atoms with Crippen LogP contribution in [0.4, 0.5) is 0 Å². The average molecular weight is 257 g/mol. The molecule has 0 amide bonds. The number of hydrogen-bond acceptors (Lipinski definition) is 2. The van der Waals surface area contributed by atoms with Crippen LogP contribution in [0.1, 0.15) is 44.6 Å². The molecule has 0 fully saturated rings. The predicted octanol–water partition coefficient (Wildman–Crippen LogP) is 4.30. The van der Waals surface area contributed by atoms with E-state index in [1.165, 1.54) is 5.56 Å². The maximum Gasteiger partial charge on any atom is 0.120 e. The predicted molar refractivity (Wildman–Crippen MR) is 79.2 cm³/mol. The lowest BCUT2D eigenvalue weighted by Gasteiger charge is -2.28. The van der Waals surface area contributed by atoms with Gasteiger partial charge in [-0.15, -0.1) is 0 Å². The van der Waals surface area contributed by atoms with Crippen LogP contribution in [-0.2, 0) is 5.41 Å². The van der Waals surface area contributed by atoms with Gasteiger partial charge in [-0.3, -0.25) is 0 Å². The van der Waals surface area contributed by atoms with Gasteiger partial charge in [0, 0.05) is 12.0 Å². The van der Waals surface area contributed by atoms with Gasteiger partial charge in [0.2, 0.25) is 0 Å². The first-order valence-electron chi connectivity index (χ1n) is 6.96.